The zero-order valence-corrected chi connectivity index (χ0v) is 7.92. The molecule has 0 heterocycles. The van der Waals surface area contributed by atoms with Crippen molar-refractivity contribution in [2.75, 3.05) is 0 Å². The van der Waals surface area contributed by atoms with Crippen LogP contribution in [0.1, 0.15) is 16.7 Å². The Kier molecular flexibility index (Phi) is 3.71. The van der Waals surface area contributed by atoms with E-state index in [0.29, 0.717) is 0 Å². The molecule has 0 N–H and O–H groups in total. The summed E-state index contributed by atoms with van der Waals surface area (Å²) in [5.74, 6) is 0. The van der Waals surface area contributed by atoms with Crippen molar-refractivity contribution in [1.82, 2.24) is 0 Å². The first-order valence-corrected chi connectivity index (χ1v) is 3.24. The molecular formula is C9H12Cr. The number of hydrogen-bond donors (Lipinski definition) is 0. The van der Waals surface area contributed by atoms with Crippen LogP contribution in [0, 0.1) is 20.8 Å². The third kappa shape index (κ3) is 2.17. The van der Waals surface area contributed by atoms with Gasteiger partial charge in [0.15, 0.2) is 0 Å². The maximum atomic E-state index is 2.20. The molecule has 1 aromatic carbocycles. The Morgan fingerprint density at radius 3 is 1.90 bits per heavy atom. The average Bonchev–Trinajstić information content (AvgIpc) is 1.80. The van der Waals surface area contributed by atoms with Crippen molar-refractivity contribution in [2.45, 2.75) is 20.8 Å². The first kappa shape index (κ1) is 9.75. The number of aryl methyl sites for hydroxylation is 3. The summed E-state index contributed by atoms with van der Waals surface area (Å²) in [6, 6.07) is 6.50. The van der Waals surface area contributed by atoms with Gasteiger partial charge >= 0.3 is 0 Å². The van der Waals surface area contributed by atoms with E-state index in [9.17, 15) is 0 Å². The minimum absolute atomic E-state index is 0. The summed E-state index contributed by atoms with van der Waals surface area (Å²) in [6.45, 7) is 6.39. The van der Waals surface area contributed by atoms with Gasteiger partial charge < -0.3 is 0 Å². The van der Waals surface area contributed by atoms with Gasteiger partial charge in [-0.3, -0.25) is 0 Å². The molecule has 0 aromatic heterocycles. The predicted octanol–water partition coefficient (Wildman–Crippen LogP) is 2.61. The van der Waals surface area contributed by atoms with E-state index in [2.05, 4.69) is 39.0 Å². The molecular weight excluding hydrogens is 160 g/mol. The zero-order valence-electron chi connectivity index (χ0n) is 6.64. The molecule has 0 radical (unpaired) electrons. The molecule has 1 rings (SSSR count). The van der Waals surface area contributed by atoms with Crippen LogP contribution in [0.2, 0.25) is 0 Å². The van der Waals surface area contributed by atoms with Gasteiger partial charge in [0.25, 0.3) is 0 Å². The van der Waals surface area contributed by atoms with Crippen LogP contribution in [-0.4, -0.2) is 0 Å². The van der Waals surface area contributed by atoms with E-state index in [0.717, 1.165) is 0 Å². The van der Waals surface area contributed by atoms with E-state index in [1.165, 1.54) is 16.7 Å². The fourth-order valence-electron chi connectivity index (χ4n) is 0.891. The van der Waals surface area contributed by atoms with Crippen molar-refractivity contribution < 1.29 is 17.4 Å². The molecule has 0 aliphatic carbocycles. The largest absolute Gasteiger partial charge is 0.0590 e. The van der Waals surface area contributed by atoms with Gasteiger partial charge in [0.2, 0.25) is 0 Å². The van der Waals surface area contributed by atoms with E-state index < -0.39 is 0 Å². The normalized spacial score (nSPS) is 8.70. The molecule has 1 aromatic rings. The molecule has 54 valence electrons. The Hall–Kier alpha value is -0.248. The van der Waals surface area contributed by atoms with Crippen LogP contribution in [-0.2, 0) is 17.4 Å². The first-order valence-electron chi connectivity index (χ1n) is 3.24. The molecule has 10 heavy (non-hydrogen) atoms. The summed E-state index contributed by atoms with van der Waals surface area (Å²) in [7, 11) is 0. The standard InChI is InChI=1S/C9H12.Cr/c1-7-4-5-8(2)9(3)6-7;/h4-6H,1-3H3;. The summed E-state index contributed by atoms with van der Waals surface area (Å²) < 4.78 is 0. The Morgan fingerprint density at radius 2 is 1.50 bits per heavy atom. The van der Waals surface area contributed by atoms with E-state index in [-0.39, 0.29) is 17.4 Å². The summed E-state index contributed by atoms with van der Waals surface area (Å²) in [5, 5.41) is 0. The van der Waals surface area contributed by atoms with Gasteiger partial charge in [0.05, 0.1) is 0 Å². The van der Waals surface area contributed by atoms with Gasteiger partial charge in [0.1, 0.15) is 0 Å². The Labute approximate surface area is 73.4 Å². The first-order chi connectivity index (χ1) is 4.20. The molecule has 0 nitrogen and oxygen atoms in total. The molecule has 0 fully saturated rings. The molecule has 0 aliphatic rings. The Bertz CT molecular complexity index is 216. The van der Waals surface area contributed by atoms with Gasteiger partial charge in [-0.2, -0.15) is 0 Å². The van der Waals surface area contributed by atoms with Crippen molar-refractivity contribution in [3.8, 4) is 0 Å². The van der Waals surface area contributed by atoms with Gasteiger partial charge in [-0.1, -0.05) is 23.8 Å². The molecule has 0 amide bonds. The molecule has 0 spiro atoms. The van der Waals surface area contributed by atoms with E-state index in [1.807, 2.05) is 0 Å². The molecule has 0 bridgehead atoms. The van der Waals surface area contributed by atoms with Gasteiger partial charge in [-0.05, 0) is 31.9 Å². The van der Waals surface area contributed by atoms with E-state index in [4.69, 9.17) is 0 Å². The second-order valence-corrected chi connectivity index (χ2v) is 2.59. The van der Waals surface area contributed by atoms with Crippen LogP contribution in [0.4, 0.5) is 0 Å². The second kappa shape index (κ2) is 3.81. The maximum Gasteiger partial charge on any atom is 0 e. The molecule has 0 saturated carbocycles. The average molecular weight is 172 g/mol. The summed E-state index contributed by atoms with van der Waals surface area (Å²) in [5.41, 5.74) is 4.11. The second-order valence-electron chi connectivity index (χ2n) is 2.59. The van der Waals surface area contributed by atoms with Crippen molar-refractivity contribution in [3.05, 3.63) is 34.9 Å². The molecule has 0 atom stereocenters. The molecule has 1 heteroatoms. The van der Waals surface area contributed by atoms with Gasteiger partial charge in [0, 0.05) is 17.4 Å². The quantitative estimate of drug-likeness (QED) is 0.564. The van der Waals surface area contributed by atoms with Crippen molar-refractivity contribution in [2.24, 2.45) is 0 Å². The van der Waals surface area contributed by atoms with Crippen LogP contribution in [0.3, 0.4) is 0 Å². The van der Waals surface area contributed by atoms with Crippen LogP contribution in [0.15, 0.2) is 18.2 Å². The molecule has 0 saturated heterocycles. The number of benzene rings is 1. The summed E-state index contributed by atoms with van der Waals surface area (Å²) in [4.78, 5) is 0. The van der Waals surface area contributed by atoms with Crippen LogP contribution in [0.5, 0.6) is 0 Å². The van der Waals surface area contributed by atoms with Crippen molar-refractivity contribution >= 4 is 0 Å². The SMILES string of the molecule is Cc1ccc(C)c(C)c1.[Cr]. The van der Waals surface area contributed by atoms with Crippen LogP contribution in [0.25, 0.3) is 0 Å². The van der Waals surface area contributed by atoms with Crippen molar-refractivity contribution in [1.29, 1.82) is 0 Å². The minimum atomic E-state index is 0. The monoisotopic (exact) mass is 172 g/mol. The van der Waals surface area contributed by atoms with Crippen LogP contribution < -0.4 is 0 Å². The smallest absolute Gasteiger partial charge is 0 e. The number of hydrogen-bond acceptors (Lipinski definition) is 0. The minimum Gasteiger partial charge on any atom is -0.0590 e. The zero-order chi connectivity index (χ0) is 6.85. The summed E-state index contributed by atoms with van der Waals surface area (Å²) in [6.07, 6.45) is 0. The maximum absolute atomic E-state index is 2.20. The van der Waals surface area contributed by atoms with Gasteiger partial charge in [-0.25, -0.2) is 0 Å². The Balaban J connectivity index is 0.000000810. The Morgan fingerprint density at radius 1 is 0.900 bits per heavy atom. The molecule has 0 unspecified atom stereocenters. The third-order valence-electron chi connectivity index (χ3n) is 1.66. The van der Waals surface area contributed by atoms with Gasteiger partial charge in [-0.15, -0.1) is 0 Å². The topological polar surface area (TPSA) is 0 Å². The van der Waals surface area contributed by atoms with Crippen molar-refractivity contribution in [3.63, 3.8) is 0 Å². The fraction of sp³-hybridized carbons (Fsp3) is 0.333. The van der Waals surface area contributed by atoms with E-state index in [1.54, 1.807) is 0 Å². The molecule has 0 aliphatic heterocycles. The summed E-state index contributed by atoms with van der Waals surface area (Å²) >= 11 is 0. The number of rotatable bonds is 0. The third-order valence-corrected chi connectivity index (χ3v) is 1.66. The van der Waals surface area contributed by atoms with E-state index >= 15 is 0 Å². The fourth-order valence-corrected chi connectivity index (χ4v) is 0.891. The predicted molar refractivity (Wildman–Crippen MR) is 40.7 cm³/mol. The van der Waals surface area contributed by atoms with Crippen LogP contribution >= 0.6 is 0 Å².